The van der Waals surface area contributed by atoms with Gasteiger partial charge in [-0.2, -0.15) is 0 Å². The topological polar surface area (TPSA) is 94.2 Å². The van der Waals surface area contributed by atoms with E-state index in [1.165, 1.54) is 20.3 Å². The molecule has 0 bridgehead atoms. The minimum atomic E-state index is -0.690. The van der Waals surface area contributed by atoms with E-state index in [4.69, 9.17) is 14.2 Å². The summed E-state index contributed by atoms with van der Waals surface area (Å²) in [5.41, 5.74) is 1.22. The van der Waals surface area contributed by atoms with Crippen LogP contribution in [0.3, 0.4) is 0 Å². The molecule has 0 unspecified atom stereocenters. The highest BCUT2D eigenvalue weighted by Crippen LogP contribution is 2.25. The molecular formula is C22H26N2O6. The van der Waals surface area contributed by atoms with Crippen molar-refractivity contribution in [1.29, 1.82) is 0 Å². The van der Waals surface area contributed by atoms with Crippen LogP contribution in [0, 0.1) is 0 Å². The third-order valence-corrected chi connectivity index (χ3v) is 4.43. The van der Waals surface area contributed by atoms with Crippen LogP contribution in [0.1, 0.15) is 34.6 Å². The molecule has 0 fully saturated rings. The first-order valence-electron chi connectivity index (χ1n) is 9.51. The molecular weight excluding hydrogens is 388 g/mol. The van der Waals surface area contributed by atoms with E-state index in [1.54, 1.807) is 41.3 Å². The fraction of sp³-hybridized carbons (Fsp3) is 0.318. The number of anilines is 1. The number of methoxy groups -OCH3 is 2. The van der Waals surface area contributed by atoms with Crippen molar-refractivity contribution in [3.8, 4) is 11.5 Å². The lowest BCUT2D eigenvalue weighted by atomic mass is 10.1. The molecule has 2 aromatic rings. The normalized spacial score (nSPS) is 10.1. The Bertz CT molecular complexity index is 891. The van der Waals surface area contributed by atoms with Crippen molar-refractivity contribution in [2.75, 3.05) is 39.2 Å². The molecule has 2 aromatic carbocycles. The third-order valence-electron chi connectivity index (χ3n) is 4.43. The van der Waals surface area contributed by atoms with E-state index in [1.807, 2.05) is 13.8 Å². The maximum Gasteiger partial charge on any atom is 0.342 e. The zero-order chi connectivity index (χ0) is 22.1. The fourth-order valence-electron chi connectivity index (χ4n) is 2.76. The van der Waals surface area contributed by atoms with Crippen molar-refractivity contribution >= 4 is 23.5 Å². The number of ether oxygens (including phenoxy) is 3. The number of nitrogens with zero attached hydrogens (tertiary/aromatic N) is 1. The summed E-state index contributed by atoms with van der Waals surface area (Å²) in [6.45, 7) is 4.61. The molecule has 0 aliphatic heterocycles. The van der Waals surface area contributed by atoms with Crippen LogP contribution < -0.4 is 14.8 Å². The van der Waals surface area contributed by atoms with Crippen LogP contribution in [0.15, 0.2) is 42.5 Å². The molecule has 0 atom stereocenters. The van der Waals surface area contributed by atoms with E-state index in [2.05, 4.69) is 5.32 Å². The minimum absolute atomic E-state index is 0.0692. The van der Waals surface area contributed by atoms with Gasteiger partial charge in [0, 0.05) is 30.4 Å². The highest BCUT2D eigenvalue weighted by atomic mass is 16.5. The quantitative estimate of drug-likeness (QED) is 0.634. The first-order valence-corrected chi connectivity index (χ1v) is 9.51. The molecule has 160 valence electrons. The molecule has 8 heteroatoms. The summed E-state index contributed by atoms with van der Waals surface area (Å²) in [7, 11) is 2.93. The summed E-state index contributed by atoms with van der Waals surface area (Å²) >= 11 is 0. The Labute approximate surface area is 175 Å². The SMILES string of the molecule is CCN(CC)C(=O)c1ccc(NC(=O)COC(=O)c2ccc(OC)cc2OC)cc1. The zero-order valence-electron chi connectivity index (χ0n) is 17.6. The maximum absolute atomic E-state index is 12.3. The number of benzene rings is 2. The number of carbonyl (C=O) groups is 3. The standard InChI is InChI=1S/C22H26N2O6/c1-5-24(6-2)21(26)15-7-9-16(10-8-15)23-20(25)14-30-22(27)18-12-11-17(28-3)13-19(18)29-4/h7-13H,5-6,14H2,1-4H3,(H,23,25). The lowest BCUT2D eigenvalue weighted by molar-refractivity contribution is -0.119. The Morgan fingerprint density at radius 1 is 0.933 bits per heavy atom. The van der Waals surface area contributed by atoms with Crippen LogP contribution in [0.2, 0.25) is 0 Å². The molecule has 0 spiro atoms. The summed E-state index contributed by atoms with van der Waals surface area (Å²) < 4.78 is 15.3. The second-order valence-electron chi connectivity index (χ2n) is 6.25. The molecule has 0 saturated carbocycles. The van der Waals surface area contributed by atoms with Crippen molar-refractivity contribution in [3.63, 3.8) is 0 Å². The summed E-state index contributed by atoms with van der Waals surface area (Å²) in [5.74, 6) is -0.444. The van der Waals surface area contributed by atoms with Gasteiger partial charge in [0.15, 0.2) is 6.61 Å². The van der Waals surface area contributed by atoms with Gasteiger partial charge in [-0.15, -0.1) is 0 Å². The Hall–Kier alpha value is -3.55. The van der Waals surface area contributed by atoms with Crippen LogP contribution in [-0.2, 0) is 9.53 Å². The molecule has 2 rings (SSSR count). The van der Waals surface area contributed by atoms with Crippen molar-refractivity contribution in [2.45, 2.75) is 13.8 Å². The number of rotatable bonds is 9. The van der Waals surface area contributed by atoms with E-state index >= 15 is 0 Å². The largest absolute Gasteiger partial charge is 0.497 e. The summed E-state index contributed by atoms with van der Waals surface area (Å²) in [4.78, 5) is 38.4. The number of esters is 1. The van der Waals surface area contributed by atoms with Gasteiger partial charge in [0.25, 0.3) is 11.8 Å². The van der Waals surface area contributed by atoms with Crippen LogP contribution in [-0.4, -0.2) is 56.6 Å². The Kier molecular flexibility index (Phi) is 8.22. The molecule has 0 radical (unpaired) electrons. The lowest BCUT2D eigenvalue weighted by Gasteiger charge is -2.18. The van der Waals surface area contributed by atoms with E-state index in [9.17, 15) is 14.4 Å². The van der Waals surface area contributed by atoms with Crippen molar-refractivity contribution in [2.24, 2.45) is 0 Å². The van der Waals surface area contributed by atoms with Crippen molar-refractivity contribution < 1.29 is 28.6 Å². The lowest BCUT2D eigenvalue weighted by Crippen LogP contribution is -2.30. The van der Waals surface area contributed by atoms with E-state index < -0.39 is 18.5 Å². The number of hydrogen-bond donors (Lipinski definition) is 1. The second kappa shape index (κ2) is 10.8. The second-order valence-corrected chi connectivity index (χ2v) is 6.25. The molecule has 0 aromatic heterocycles. The van der Waals surface area contributed by atoms with Gasteiger partial charge < -0.3 is 24.4 Å². The molecule has 2 amide bonds. The molecule has 0 heterocycles. The number of hydrogen-bond acceptors (Lipinski definition) is 6. The van der Waals surface area contributed by atoms with Gasteiger partial charge in [-0.3, -0.25) is 9.59 Å². The molecule has 0 aliphatic carbocycles. The van der Waals surface area contributed by atoms with Gasteiger partial charge in [0.2, 0.25) is 0 Å². The average Bonchev–Trinajstić information content (AvgIpc) is 2.78. The van der Waals surface area contributed by atoms with Gasteiger partial charge in [-0.05, 0) is 50.2 Å². The van der Waals surface area contributed by atoms with Gasteiger partial charge in [-0.1, -0.05) is 0 Å². The van der Waals surface area contributed by atoms with E-state index in [0.717, 1.165) is 0 Å². The first-order chi connectivity index (χ1) is 14.4. The average molecular weight is 414 g/mol. The Morgan fingerprint density at radius 2 is 1.60 bits per heavy atom. The third kappa shape index (κ3) is 5.73. The molecule has 1 N–H and O–H groups in total. The van der Waals surface area contributed by atoms with Crippen LogP contribution in [0.4, 0.5) is 5.69 Å². The van der Waals surface area contributed by atoms with Gasteiger partial charge in [0.05, 0.1) is 14.2 Å². The number of nitrogens with one attached hydrogen (secondary N) is 1. The van der Waals surface area contributed by atoms with E-state index in [0.29, 0.717) is 30.1 Å². The van der Waals surface area contributed by atoms with E-state index in [-0.39, 0.29) is 17.2 Å². The maximum atomic E-state index is 12.3. The predicted molar refractivity (Wildman–Crippen MR) is 112 cm³/mol. The zero-order valence-corrected chi connectivity index (χ0v) is 17.6. The van der Waals surface area contributed by atoms with Crippen molar-refractivity contribution in [1.82, 2.24) is 4.90 Å². The Balaban J connectivity index is 1.93. The summed E-state index contributed by atoms with van der Waals surface area (Å²) in [5, 5.41) is 2.63. The number of carbonyl (C=O) groups excluding carboxylic acids is 3. The highest BCUT2D eigenvalue weighted by Gasteiger charge is 2.17. The van der Waals surface area contributed by atoms with Gasteiger partial charge >= 0.3 is 5.97 Å². The molecule has 0 aliphatic rings. The highest BCUT2D eigenvalue weighted by molar-refractivity contribution is 5.98. The van der Waals surface area contributed by atoms with Gasteiger partial charge in [-0.25, -0.2) is 4.79 Å². The smallest absolute Gasteiger partial charge is 0.342 e. The molecule has 30 heavy (non-hydrogen) atoms. The number of amides is 2. The predicted octanol–water partition coefficient (Wildman–Crippen LogP) is 2.98. The van der Waals surface area contributed by atoms with Crippen molar-refractivity contribution in [3.05, 3.63) is 53.6 Å². The van der Waals surface area contributed by atoms with Gasteiger partial charge in [0.1, 0.15) is 17.1 Å². The van der Waals surface area contributed by atoms with Crippen LogP contribution in [0.25, 0.3) is 0 Å². The monoisotopic (exact) mass is 414 g/mol. The summed E-state index contributed by atoms with van der Waals surface area (Å²) in [6, 6.07) is 11.2. The van der Waals surface area contributed by atoms with Crippen LogP contribution >= 0.6 is 0 Å². The summed E-state index contributed by atoms with van der Waals surface area (Å²) in [6.07, 6.45) is 0. The minimum Gasteiger partial charge on any atom is -0.497 e. The molecule has 0 saturated heterocycles. The Morgan fingerprint density at radius 3 is 2.17 bits per heavy atom. The fourth-order valence-corrected chi connectivity index (χ4v) is 2.76. The molecule has 8 nitrogen and oxygen atoms in total. The first kappa shape index (κ1) is 22.7. The van der Waals surface area contributed by atoms with Crippen LogP contribution in [0.5, 0.6) is 11.5 Å².